The topological polar surface area (TPSA) is 163 Å². The molecule has 3 aromatic carbocycles. The number of esters is 1. The zero-order valence-electron chi connectivity index (χ0n) is 22.6. The fraction of sp³-hybridized carbons (Fsp3) is 0.138. The smallest absolute Gasteiger partial charge is 0.351 e. The van der Waals surface area contributed by atoms with Crippen molar-refractivity contribution in [3.63, 3.8) is 0 Å². The second-order valence-electron chi connectivity index (χ2n) is 9.07. The molecule has 0 saturated carbocycles. The number of carbonyl (C=O) groups is 4. The van der Waals surface area contributed by atoms with Gasteiger partial charge in [-0.1, -0.05) is 60.3 Å². The Bertz CT molecular complexity index is 1770. The number of aromatic nitrogens is 3. The molecule has 13 nitrogen and oxygen atoms in total. The number of hydrogen-bond donors (Lipinski definition) is 2. The highest BCUT2D eigenvalue weighted by atomic mass is 32.2. The minimum Gasteiger partial charge on any atom is -0.493 e. The number of carbonyl (C=O) groups excluding carboxylic acids is 4. The third-order valence-corrected chi connectivity index (χ3v) is 7.09. The minimum absolute atomic E-state index is 0.103. The van der Waals surface area contributed by atoms with E-state index in [1.54, 1.807) is 30.3 Å². The average molecular weight is 601 g/mol. The van der Waals surface area contributed by atoms with Gasteiger partial charge >= 0.3 is 11.7 Å². The van der Waals surface area contributed by atoms with E-state index < -0.39 is 34.0 Å². The van der Waals surface area contributed by atoms with Crippen LogP contribution in [0.5, 0.6) is 11.5 Å². The zero-order valence-corrected chi connectivity index (χ0v) is 23.4. The summed E-state index contributed by atoms with van der Waals surface area (Å²) in [7, 11) is 1.38. The zero-order chi connectivity index (χ0) is 30.3. The van der Waals surface area contributed by atoms with E-state index in [2.05, 4.69) is 20.9 Å². The first-order chi connectivity index (χ1) is 20.8. The maximum Gasteiger partial charge on any atom is 0.351 e. The Kier molecular flexibility index (Phi) is 8.77. The van der Waals surface area contributed by atoms with Crippen molar-refractivity contribution in [1.29, 1.82) is 0 Å². The standard InChI is InChI=1S/C29H24N6O7S/c1-41-22-14-18(12-13-21(22)42-25(37)15-23-27(38)31-28(39)43-23)16-30-32-24(36)17-34-29(40)35(20-10-6-3-7-11-20)26(33-34)19-8-4-2-5-9-19/h2-14,16,23H,15,17H2,1H3,(H,32,36)(H,31,38,39)/b30-16+/t23-/m0/s1. The van der Waals surface area contributed by atoms with Gasteiger partial charge in [0.25, 0.3) is 11.1 Å². The summed E-state index contributed by atoms with van der Waals surface area (Å²) in [4.78, 5) is 61.2. The molecule has 1 aromatic heterocycles. The lowest BCUT2D eigenvalue weighted by atomic mass is 10.2. The molecule has 1 aliphatic heterocycles. The van der Waals surface area contributed by atoms with Gasteiger partial charge in [0.2, 0.25) is 5.91 Å². The van der Waals surface area contributed by atoms with E-state index in [9.17, 15) is 24.0 Å². The Balaban J connectivity index is 1.24. The number of para-hydroxylation sites is 1. The molecular weight excluding hydrogens is 576 g/mol. The van der Waals surface area contributed by atoms with Crippen LogP contribution in [0.15, 0.2) is 88.8 Å². The molecule has 1 saturated heterocycles. The van der Waals surface area contributed by atoms with Crippen LogP contribution in [0.25, 0.3) is 17.1 Å². The highest BCUT2D eigenvalue weighted by Crippen LogP contribution is 2.29. The number of nitrogens with one attached hydrogen (secondary N) is 2. The van der Waals surface area contributed by atoms with Gasteiger partial charge in [-0.25, -0.2) is 19.5 Å². The largest absolute Gasteiger partial charge is 0.493 e. The van der Waals surface area contributed by atoms with Crippen LogP contribution in [0.1, 0.15) is 12.0 Å². The Morgan fingerprint density at radius 2 is 1.74 bits per heavy atom. The van der Waals surface area contributed by atoms with Crippen LogP contribution in [0.4, 0.5) is 4.79 Å². The first-order valence-electron chi connectivity index (χ1n) is 12.8. The van der Waals surface area contributed by atoms with Gasteiger partial charge in [-0.05, 0) is 35.9 Å². The van der Waals surface area contributed by atoms with E-state index in [1.165, 1.54) is 30.0 Å². The third kappa shape index (κ3) is 6.87. The minimum atomic E-state index is -0.853. The molecule has 1 fully saturated rings. The van der Waals surface area contributed by atoms with Crippen LogP contribution in [0.2, 0.25) is 0 Å². The van der Waals surface area contributed by atoms with E-state index in [4.69, 9.17) is 9.47 Å². The number of rotatable bonds is 10. The van der Waals surface area contributed by atoms with Gasteiger partial charge < -0.3 is 9.47 Å². The number of nitrogens with zero attached hydrogens (tertiary/aromatic N) is 4. The van der Waals surface area contributed by atoms with Gasteiger partial charge in [0, 0.05) is 5.56 Å². The number of amides is 3. The molecule has 0 radical (unpaired) electrons. The van der Waals surface area contributed by atoms with Crippen molar-refractivity contribution in [2.24, 2.45) is 5.10 Å². The van der Waals surface area contributed by atoms with E-state index in [0.717, 1.165) is 16.4 Å². The number of hydrazone groups is 1. The Hall–Kier alpha value is -5.50. The molecule has 1 aliphatic rings. The predicted molar refractivity (Wildman–Crippen MR) is 157 cm³/mol. The molecule has 43 heavy (non-hydrogen) atoms. The second-order valence-corrected chi connectivity index (χ2v) is 10.2. The molecule has 0 bridgehead atoms. The van der Waals surface area contributed by atoms with Crippen molar-refractivity contribution in [1.82, 2.24) is 25.1 Å². The molecule has 218 valence electrons. The van der Waals surface area contributed by atoms with Crippen molar-refractivity contribution in [2.45, 2.75) is 18.2 Å². The number of hydrogen-bond acceptors (Lipinski definition) is 10. The highest BCUT2D eigenvalue weighted by Gasteiger charge is 2.34. The summed E-state index contributed by atoms with van der Waals surface area (Å²) in [5.74, 6) is -1.14. The van der Waals surface area contributed by atoms with Gasteiger partial charge in [0.15, 0.2) is 17.3 Å². The molecule has 4 aromatic rings. The lowest BCUT2D eigenvalue weighted by Gasteiger charge is -2.10. The molecule has 14 heteroatoms. The molecule has 0 unspecified atom stereocenters. The molecule has 3 amide bonds. The molecular formula is C29H24N6O7S. The summed E-state index contributed by atoms with van der Waals surface area (Å²) < 4.78 is 13.1. The summed E-state index contributed by atoms with van der Waals surface area (Å²) in [6.45, 7) is -0.378. The SMILES string of the molecule is COc1cc(/C=N/NC(=O)Cn2nc(-c3ccccc3)n(-c3ccccc3)c2=O)ccc1OC(=O)C[C@@H]1SC(=O)NC1=O. The fourth-order valence-electron chi connectivity index (χ4n) is 4.14. The van der Waals surface area contributed by atoms with Gasteiger partial charge in [-0.2, -0.15) is 5.10 Å². The van der Waals surface area contributed by atoms with Crippen molar-refractivity contribution in [3.05, 3.63) is 94.9 Å². The Morgan fingerprint density at radius 1 is 1.02 bits per heavy atom. The van der Waals surface area contributed by atoms with Crippen LogP contribution < -0.4 is 25.9 Å². The van der Waals surface area contributed by atoms with E-state index in [0.29, 0.717) is 22.6 Å². The number of benzene rings is 3. The Morgan fingerprint density at radius 3 is 2.42 bits per heavy atom. The maximum absolute atomic E-state index is 13.3. The summed E-state index contributed by atoms with van der Waals surface area (Å²) in [6.07, 6.45) is 1.05. The summed E-state index contributed by atoms with van der Waals surface area (Å²) in [5, 5.41) is 9.11. The number of imide groups is 1. The summed E-state index contributed by atoms with van der Waals surface area (Å²) >= 11 is 0.730. The lowest BCUT2D eigenvalue weighted by Crippen LogP contribution is -2.31. The predicted octanol–water partition coefficient (Wildman–Crippen LogP) is 2.51. The molecule has 0 aliphatic carbocycles. The summed E-state index contributed by atoms with van der Waals surface area (Å²) in [6, 6.07) is 22.7. The van der Waals surface area contributed by atoms with Gasteiger partial charge in [-0.3, -0.25) is 24.5 Å². The molecule has 2 heterocycles. The maximum atomic E-state index is 13.3. The van der Waals surface area contributed by atoms with Crippen molar-refractivity contribution >= 4 is 41.0 Å². The van der Waals surface area contributed by atoms with Crippen LogP contribution in [-0.2, 0) is 20.9 Å². The first kappa shape index (κ1) is 29.0. The van der Waals surface area contributed by atoms with Gasteiger partial charge in [-0.15, -0.1) is 5.10 Å². The Labute approximate surface area is 248 Å². The van der Waals surface area contributed by atoms with Crippen molar-refractivity contribution in [3.8, 4) is 28.6 Å². The van der Waals surface area contributed by atoms with E-state index >= 15 is 0 Å². The second kappa shape index (κ2) is 13.0. The number of thioether (sulfide) groups is 1. The highest BCUT2D eigenvalue weighted by molar-refractivity contribution is 8.15. The van der Waals surface area contributed by atoms with Crippen LogP contribution in [0.3, 0.4) is 0 Å². The lowest BCUT2D eigenvalue weighted by molar-refractivity contribution is -0.136. The average Bonchev–Trinajstić information content (AvgIpc) is 3.50. The quantitative estimate of drug-likeness (QED) is 0.121. The van der Waals surface area contributed by atoms with Crippen molar-refractivity contribution in [2.75, 3.05) is 7.11 Å². The summed E-state index contributed by atoms with van der Waals surface area (Å²) in [5.41, 5.74) is 3.71. The molecule has 2 N–H and O–H groups in total. The van der Waals surface area contributed by atoms with Crippen LogP contribution in [0, 0.1) is 0 Å². The molecule has 1 atom stereocenters. The van der Waals surface area contributed by atoms with Gasteiger partial charge in [0.05, 0.1) is 25.4 Å². The van der Waals surface area contributed by atoms with E-state index in [1.807, 2.05) is 36.4 Å². The number of methoxy groups -OCH3 is 1. The fourth-order valence-corrected chi connectivity index (χ4v) is 4.94. The van der Waals surface area contributed by atoms with Crippen LogP contribution in [-0.4, -0.2) is 55.9 Å². The van der Waals surface area contributed by atoms with Crippen LogP contribution >= 0.6 is 11.8 Å². The third-order valence-electron chi connectivity index (χ3n) is 6.11. The number of ether oxygens (including phenoxy) is 2. The van der Waals surface area contributed by atoms with Gasteiger partial charge in [0.1, 0.15) is 11.8 Å². The first-order valence-corrected chi connectivity index (χ1v) is 13.7. The normalized spacial score (nSPS) is 14.5. The molecule has 0 spiro atoms. The van der Waals surface area contributed by atoms with E-state index in [-0.39, 0.29) is 24.5 Å². The van der Waals surface area contributed by atoms with Crippen molar-refractivity contribution < 1.29 is 28.7 Å². The monoisotopic (exact) mass is 600 g/mol. The molecule has 5 rings (SSSR count).